The number of rotatable bonds is 7. The summed E-state index contributed by atoms with van der Waals surface area (Å²) in [5, 5.41) is 7.20. The average Bonchev–Trinajstić information content (AvgIpc) is 3.59. The molecular weight excluding hydrogens is 498 g/mol. The summed E-state index contributed by atoms with van der Waals surface area (Å²) in [7, 11) is 1.86. The molecule has 0 aliphatic carbocycles. The highest BCUT2D eigenvalue weighted by molar-refractivity contribution is 6.08. The molecule has 6 heterocycles. The first kappa shape index (κ1) is 25.3. The Balaban J connectivity index is 1.32. The number of hydrogen-bond donors (Lipinski definition) is 1. The predicted molar refractivity (Wildman–Crippen MR) is 148 cm³/mol. The van der Waals surface area contributed by atoms with Crippen molar-refractivity contribution in [2.24, 2.45) is 7.05 Å². The number of aromatic nitrogens is 5. The van der Waals surface area contributed by atoms with Crippen LogP contribution in [0.25, 0.3) is 22.5 Å². The highest BCUT2D eigenvalue weighted by Crippen LogP contribution is 2.29. The number of piperazine rings is 1. The van der Waals surface area contributed by atoms with Gasteiger partial charge in [-0.25, -0.2) is 9.97 Å². The average molecular weight is 532 g/mol. The number of carbonyl (C=O) groups is 1. The standard InChI is InChI=1S/C27H33N9O3/c1-3-7-34-8-10-35(11-9-34)25-20(16-22-24(31-25)32-27(39-22)36-12-14-38-15-13-36)26(37)30-23-6-4-5-21(29-23)19-17-28-33(2)18-19/h4-6,16-18H,3,7-15H2,1-2H3,(H,29,30,37). The van der Waals surface area contributed by atoms with Crippen LogP contribution in [0.1, 0.15) is 23.7 Å². The second-order valence-corrected chi connectivity index (χ2v) is 9.87. The zero-order chi connectivity index (χ0) is 26.8. The summed E-state index contributed by atoms with van der Waals surface area (Å²) >= 11 is 0. The molecule has 2 aliphatic heterocycles. The van der Waals surface area contributed by atoms with Gasteiger partial charge in [0.1, 0.15) is 11.6 Å². The fraction of sp³-hybridized carbons (Fsp3) is 0.444. The van der Waals surface area contributed by atoms with Crippen LogP contribution in [-0.2, 0) is 11.8 Å². The molecule has 2 aliphatic rings. The molecule has 12 heteroatoms. The molecule has 4 aromatic rings. The first-order chi connectivity index (χ1) is 19.1. The number of morpholine rings is 1. The number of carbonyl (C=O) groups excluding carboxylic acids is 1. The van der Waals surface area contributed by atoms with Crippen LogP contribution in [0.5, 0.6) is 0 Å². The Kier molecular flexibility index (Phi) is 7.12. The second-order valence-electron chi connectivity index (χ2n) is 9.87. The topological polar surface area (TPSA) is 118 Å². The van der Waals surface area contributed by atoms with E-state index in [2.05, 4.69) is 37.1 Å². The van der Waals surface area contributed by atoms with Crippen molar-refractivity contribution in [3.05, 3.63) is 42.2 Å². The zero-order valence-electron chi connectivity index (χ0n) is 22.3. The summed E-state index contributed by atoms with van der Waals surface area (Å²) in [5.74, 6) is 0.767. The number of nitrogens with zero attached hydrogens (tertiary/aromatic N) is 8. The minimum atomic E-state index is -0.296. The van der Waals surface area contributed by atoms with Crippen molar-refractivity contribution in [2.75, 3.05) is 74.1 Å². The van der Waals surface area contributed by atoms with E-state index >= 15 is 0 Å². The molecule has 0 unspecified atom stereocenters. The van der Waals surface area contributed by atoms with Crippen LogP contribution in [0.2, 0.25) is 0 Å². The van der Waals surface area contributed by atoms with Gasteiger partial charge in [0.05, 0.1) is 30.7 Å². The molecule has 1 N–H and O–H groups in total. The van der Waals surface area contributed by atoms with Crippen LogP contribution in [0.4, 0.5) is 17.7 Å². The number of oxazole rings is 1. The number of amides is 1. The van der Waals surface area contributed by atoms with Gasteiger partial charge in [-0.3, -0.25) is 14.4 Å². The van der Waals surface area contributed by atoms with Crippen molar-refractivity contribution < 1.29 is 13.9 Å². The van der Waals surface area contributed by atoms with Crippen molar-refractivity contribution in [3.63, 3.8) is 0 Å². The molecule has 0 bridgehead atoms. The number of ether oxygens (including phenoxy) is 1. The van der Waals surface area contributed by atoms with Gasteiger partial charge in [0.2, 0.25) is 5.65 Å². The summed E-state index contributed by atoms with van der Waals surface area (Å²) in [5.41, 5.74) is 3.01. The Morgan fingerprint density at radius 3 is 2.59 bits per heavy atom. The predicted octanol–water partition coefficient (Wildman–Crippen LogP) is 2.64. The van der Waals surface area contributed by atoms with Gasteiger partial charge in [-0.05, 0) is 25.1 Å². The molecule has 6 rings (SSSR count). The molecule has 0 aromatic carbocycles. The molecule has 2 saturated heterocycles. The number of pyridine rings is 2. The Labute approximate surface area is 226 Å². The minimum absolute atomic E-state index is 0.296. The van der Waals surface area contributed by atoms with Crippen molar-refractivity contribution in [1.29, 1.82) is 0 Å². The molecule has 12 nitrogen and oxygen atoms in total. The van der Waals surface area contributed by atoms with Crippen molar-refractivity contribution in [2.45, 2.75) is 13.3 Å². The highest BCUT2D eigenvalue weighted by Gasteiger charge is 2.26. The summed E-state index contributed by atoms with van der Waals surface area (Å²) in [6.07, 6.45) is 4.75. The molecule has 0 spiro atoms. The summed E-state index contributed by atoms with van der Waals surface area (Å²) < 4.78 is 13.3. The lowest BCUT2D eigenvalue weighted by Crippen LogP contribution is -2.47. The van der Waals surface area contributed by atoms with Gasteiger partial charge in [-0.1, -0.05) is 13.0 Å². The van der Waals surface area contributed by atoms with E-state index in [0.29, 0.717) is 60.7 Å². The molecule has 0 radical (unpaired) electrons. The lowest BCUT2D eigenvalue weighted by atomic mass is 10.2. The second kappa shape index (κ2) is 11.0. The van der Waals surface area contributed by atoms with E-state index in [1.54, 1.807) is 23.0 Å². The monoisotopic (exact) mass is 531 g/mol. The number of nitrogens with one attached hydrogen (secondary N) is 1. The van der Waals surface area contributed by atoms with E-state index in [4.69, 9.17) is 14.1 Å². The van der Waals surface area contributed by atoms with Gasteiger partial charge in [0.15, 0.2) is 5.58 Å². The molecule has 0 saturated carbocycles. The molecular formula is C27H33N9O3. The van der Waals surface area contributed by atoms with Crippen molar-refractivity contribution in [3.8, 4) is 11.3 Å². The van der Waals surface area contributed by atoms with E-state index in [-0.39, 0.29) is 5.91 Å². The lowest BCUT2D eigenvalue weighted by molar-refractivity contribution is 0.102. The molecule has 1 amide bonds. The van der Waals surface area contributed by atoms with E-state index in [1.165, 1.54) is 0 Å². The molecule has 4 aromatic heterocycles. The Morgan fingerprint density at radius 1 is 1.03 bits per heavy atom. The largest absolute Gasteiger partial charge is 0.422 e. The van der Waals surface area contributed by atoms with Crippen molar-refractivity contribution in [1.82, 2.24) is 29.6 Å². The van der Waals surface area contributed by atoms with Crippen LogP contribution in [-0.4, -0.2) is 94.6 Å². The molecule has 39 heavy (non-hydrogen) atoms. The third kappa shape index (κ3) is 5.43. The Bertz CT molecular complexity index is 1450. The van der Waals surface area contributed by atoms with Gasteiger partial charge in [-0.15, -0.1) is 0 Å². The van der Waals surface area contributed by atoms with Gasteiger partial charge in [0.25, 0.3) is 11.9 Å². The van der Waals surface area contributed by atoms with E-state index in [0.717, 1.165) is 50.4 Å². The van der Waals surface area contributed by atoms with Crippen LogP contribution in [0, 0.1) is 0 Å². The quantitative estimate of drug-likeness (QED) is 0.381. The maximum Gasteiger partial charge on any atom is 0.300 e. The lowest BCUT2D eigenvalue weighted by Gasteiger charge is -2.35. The van der Waals surface area contributed by atoms with Gasteiger partial charge < -0.3 is 24.3 Å². The minimum Gasteiger partial charge on any atom is -0.422 e. The number of hydrogen-bond acceptors (Lipinski definition) is 10. The first-order valence-electron chi connectivity index (χ1n) is 13.5. The van der Waals surface area contributed by atoms with Gasteiger partial charge in [0, 0.05) is 64.1 Å². The number of fused-ring (bicyclic) bond motifs is 1. The molecule has 0 atom stereocenters. The summed E-state index contributed by atoms with van der Waals surface area (Å²) in [6.45, 7) is 9.30. The van der Waals surface area contributed by atoms with Gasteiger partial charge in [-0.2, -0.15) is 10.1 Å². The van der Waals surface area contributed by atoms with E-state index in [1.807, 2.05) is 30.3 Å². The maximum atomic E-state index is 13.7. The number of anilines is 3. The third-order valence-corrected chi connectivity index (χ3v) is 7.08. The fourth-order valence-corrected chi connectivity index (χ4v) is 5.04. The van der Waals surface area contributed by atoms with Crippen LogP contribution < -0.4 is 15.1 Å². The molecule has 204 valence electrons. The van der Waals surface area contributed by atoms with E-state index < -0.39 is 0 Å². The Hall–Kier alpha value is -4.03. The Morgan fingerprint density at radius 2 is 1.85 bits per heavy atom. The highest BCUT2D eigenvalue weighted by atomic mass is 16.5. The van der Waals surface area contributed by atoms with Crippen molar-refractivity contribution >= 4 is 34.8 Å². The van der Waals surface area contributed by atoms with E-state index in [9.17, 15) is 4.79 Å². The molecule has 2 fully saturated rings. The SMILES string of the molecule is CCCN1CCN(c2nc3nc(N4CCOCC4)oc3cc2C(=O)Nc2cccc(-c3cnn(C)c3)n2)CC1. The zero-order valence-corrected chi connectivity index (χ0v) is 22.3. The maximum absolute atomic E-state index is 13.7. The van der Waals surface area contributed by atoms with Crippen LogP contribution in [0.15, 0.2) is 41.1 Å². The number of aryl methyl sites for hydroxylation is 1. The third-order valence-electron chi connectivity index (χ3n) is 7.08. The fourth-order valence-electron chi connectivity index (χ4n) is 5.04. The smallest absolute Gasteiger partial charge is 0.300 e. The first-order valence-corrected chi connectivity index (χ1v) is 13.5. The summed E-state index contributed by atoms with van der Waals surface area (Å²) in [4.78, 5) is 34.5. The van der Waals surface area contributed by atoms with Gasteiger partial charge >= 0.3 is 0 Å². The van der Waals surface area contributed by atoms with Crippen LogP contribution in [0.3, 0.4) is 0 Å². The van der Waals surface area contributed by atoms with Crippen LogP contribution >= 0.6 is 0 Å². The summed E-state index contributed by atoms with van der Waals surface area (Å²) in [6, 6.07) is 7.79. The normalized spacial score (nSPS) is 16.7.